The quantitative estimate of drug-likeness (QED) is 0.658. The Hall–Kier alpha value is -1.62. The first-order valence-corrected chi connectivity index (χ1v) is 6.26. The second-order valence-corrected chi connectivity index (χ2v) is 4.65. The first-order chi connectivity index (χ1) is 8.70. The predicted molar refractivity (Wildman–Crippen MR) is 67.0 cm³/mol. The zero-order valence-corrected chi connectivity index (χ0v) is 10.2. The summed E-state index contributed by atoms with van der Waals surface area (Å²) in [6, 6.07) is 2.90. The third-order valence-electron chi connectivity index (χ3n) is 3.43. The van der Waals surface area contributed by atoms with E-state index in [0.29, 0.717) is 11.7 Å². The summed E-state index contributed by atoms with van der Waals surface area (Å²) >= 11 is 0. The van der Waals surface area contributed by atoms with Crippen LogP contribution in [0.15, 0.2) is 22.1 Å². The van der Waals surface area contributed by atoms with Gasteiger partial charge in [-0.25, -0.2) is 0 Å². The molecule has 1 heterocycles. The Morgan fingerprint density at radius 3 is 2.72 bits per heavy atom. The van der Waals surface area contributed by atoms with E-state index < -0.39 is 4.92 Å². The van der Waals surface area contributed by atoms with Crippen molar-refractivity contribution in [3.63, 3.8) is 0 Å². The number of nitrogens with zero attached hydrogens (tertiary/aromatic N) is 1. The van der Waals surface area contributed by atoms with E-state index in [1.54, 1.807) is 12.1 Å². The number of rotatable bonds is 4. The molecule has 0 spiro atoms. The molecule has 0 atom stereocenters. The Bertz CT molecular complexity index is 444. The average Bonchev–Trinajstić information content (AvgIpc) is 2.86. The molecule has 1 fully saturated rings. The van der Waals surface area contributed by atoms with Crippen molar-refractivity contribution in [1.29, 1.82) is 0 Å². The summed E-state index contributed by atoms with van der Waals surface area (Å²) in [6.07, 6.45) is 7.51. The third-order valence-corrected chi connectivity index (χ3v) is 3.43. The first kappa shape index (κ1) is 12.8. The van der Waals surface area contributed by atoms with Crippen molar-refractivity contribution in [1.82, 2.24) is 0 Å². The molecule has 1 aliphatic rings. The second kappa shape index (κ2) is 5.82. The summed E-state index contributed by atoms with van der Waals surface area (Å²) in [6.45, 7) is -0.0147. The van der Waals surface area contributed by atoms with Gasteiger partial charge in [0.1, 0.15) is 10.7 Å². The van der Waals surface area contributed by atoms with Crippen molar-refractivity contribution in [2.24, 2.45) is 5.92 Å². The molecule has 0 radical (unpaired) electrons. The van der Waals surface area contributed by atoms with Gasteiger partial charge in [0.25, 0.3) is 0 Å². The van der Waals surface area contributed by atoms with Gasteiger partial charge in [0, 0.05) is 0 Å². The number of hydrogen-bond acceptors (Lipinski definition) is 4. The normalized spacial score (nSPS) is 17.9. The molecule has 0 bridgehead atoms. The molecule has 5 heteroatoms. The number of furan rings is 1. The van der Waals surface area contributed by atoms with Crippen LogP contribution in [0, 0.1) is 16.0 Å². The predicted octanol–water partition coefficient (Wildman–Crippen LogP) is 3.14. The van der Waals surface area contributed by atoms with Gasteiger partial charge >= 0.3 is 5.88 Å². The maximum atomic E-state index is 10.5. The summed E-state index contributed by atoms with van der Waals surface area (Å²) in [4.78, 5) is 9.95. The third kappa shape index (κ3) is 2.98. The van der Waals surface area contributed by atoms with Gasteiger partial charge in [-0.05, 0) is 36.5 Å². The lowest BCUT2D eigenvalue weighted by Crippen LogP contribution is -2.11. The average molecular weight is 251 g/mol. The first-order valence-electron chi connectivity index (χ1n) is 6.26. The molecule has 1 saturated carbocycles. The lowest BCUT2D eigenvalue weighted by atomic mass is 9.83. The van der Waals surface area contributed by atoms with Crippen LogP contribution in [-0.4, -0.2) is 16.6 Å². The highest BCUT2D eigenvalue weighted by Gasteiger charge is 2.18. The zero-order valence-electron chi connectivity index (χ0n) is 10.2. The fourth-order valence-corrected chi connectivity index (χ4v) is 2.47. The minimum absolute atomic E-state index is 0.0147. The smallest absolute Gasteiger partial charge is 0.401 e. The number of aliphatic hydroxyl groups excluding tert-OH is 1. The van der Waals surface area contributed by atoms with Gasteiger partial charge in [0.15, 0.2) is 0 Å². The van der Waals surface area contributed by atoms with E-state index in [0.717, 1.165) is 18.4 Å². The van der Waals surface area contributed by atoms with E-state index >= 15 is 0 Å². The van der Waals surface area contributed by atoms with Gasteiger partial charge in [-0.2, -0.15) is 0 Å². The highest BCUT2D eigenvalue weighted by Crippen LogP contribution is 2.31. The molecule has 0 aliphatic heterocycles. The van der Waals surface area contributed by atoms with Crippen LogP contribution in [0.2, 0.25) is 0 Å². The van der Waals surface area contributed by atoms with Crippen LogP contribution in [0.5, 0.6) is 0 Å². The highest BCUT2D eigenvalue weighted by atomic mass is 16.6. The van der Waals surface area contributed by atoms with E-state index in [1.165, 1.54) is 25.3 Å². The van der Waals surface area contributed by atoms with E-state index in [2.05, 4.69) is 0 Å². The van der Waals surface area contributed by atoms with Crippen LogP contribution in [0.25, 0.3) is 6.08 Å². The fraction of sp³-hybridized carbons (Fsp3) is 0.538. The Morgan fingerprint density at radius 2 is 2.17 bits per heavy atom. The Kier molecular flexibility index (Phi) is 4.15. The molecule has 1 N–H and O–H groups in total. The second-order valence-electron chi connectivity index (χ2n) is 4.65. The molecule has 98 valence electrons. The molecule has 18 heavy (non-hydrogen) atoms. The van der Waals surface area contributed by atoms with Gasteiger partial charge in [-0.3, -0.25) is 10.1 Å². The Morgan fingerprint density at radius 1 is 1.44 bits per heavy atom. The van der Waals surface area contributed by atoms with Gasteiger partial charge in [0.2, 0.25) is 0 Å². The summed E-state index contributed by atoms with van der Waals surface area (Å²) in [5.41, 5.74) is 0.916. The van der Waals surface area contributed by atoms with Crippen LogP contribution in [-0.2, 0) is 0 Å². The fourth-order valence-electron chi connectivity index (χ4n) is 2.47. The molecule has 1 aliphatic carbocycles. The van der Waals surface area contributed by atoms with Gasteiger partial charge in [-0.1, -0.05) is 19.3 Å². The summed E-state index contributed by atoms with van der Waals surface area (Å²) in [7, 11) is 0. The summed E-state index contributed by atoms with van der Waals surface area (Å²) in [5.74, 6) is 0.561. The van der Waals surface area contributed by atoms with Crippen molar-refractivity contribution in [2.75, 3.05) is 6.61 Å². The molecule has 0 saturated heterocycles. The van der Waals surface area contributed by atoms with E-state index in [1.807, 2.05) is 0 Å². The van der Waals surface area contributed by atoms with Gasteiger partial charge in [-0.15, -0.1) is 0 Å². The topological polar surface area (TPSA) is 76.5 Å². The molecule has 2 rings (SSSR count). The SMILES string of the molecule is O=[N+]([O-])c1ccc(C=C(CO)C2CCCCC2)o1. The van der Waals surface area contributed by atoms with Gasteiger partial charge < -0.3 is 9.52 Å². The molecular formula is C13H17NO4. The molecular weight excluding hydrogens is 234 g/mol. The largest absolute Gasteiger partial charge is 0.433 e. The lowest BCUT2D eigenvalue weighted by molar-refractivity contribution is -0.402. The highest BCUT2D eigenvalue weighted by molar-refractivity contribution is 5.49. The van der Waals surface area contributed by atoms with E-state index in [9.17, 15) is 15.2 Å². The zero-order chi connectivity index (χ0) is 13.0. The standard InChI is InChI=1S/C13H17NO4/c15-9-11(10-4-2-1-3-5-10)8-12-6-7-13(18-12)14(16)17/h6-8,10,15H,1-5,9H2. The number of aliphatic hydroxyl groups is 1. The lowest BCUT2D eigenvalue weighted by Gasteiger charge is -2.23. The van der Waals surface area contributed by atoms with Crippen LogP contribution < -0.4 is 0 Å². The minimum Gasteiger partial charge on any atom is -0.401 e. The van der Waals surface area contributed by atoms with Crippen molar-refractivity contribution < 1.29 is 14.4 Å². The summed E-state index contributed by atoms with van der Waals surface area (Å²) < 4.78 is 5.08. The molecule has 1 aromatic rings. The van der Waals surface area contributed by atoms with Crippen LogP contribution >= 0.6 is 0 Å². The number of nitro groups is 1. The monoisotopic (exact) mass is 251 g/mol. The maximum absolute atomic E-state index is 10.5. The van der Waals surface area contributed by atoms with Crippen LogP contribution in [0.1, 0.15) is 37.9 Å². The van der Waals surface area contributed by atoms with Crippen LogP contribution in [0.3, 0.4) is 0 Å². The van der Waals surface area contributed by atoms with Crippen LogP contribution in [0.4, 0.5) is 5.88 Å². The Balaban J connectivity index is 2.14. The van der Waals surface area contributed by atoms with E-state index in [4.69, 9.17) is 4.42 Å². The molecule has 5 nitrogen and oxygen atoms in total. The molecule has 0 unspecified atom stereocenters. The van der Waals surface area contributed by atoms with Gasteiger partial charge in [0.05, 0.1) is 12.7 Å². The molecule has 1 aromatic heterocycles. The minimum atomic E-state index is -0.559. The van der Waals surface area contributed by atoms with Crippen molar-refractivity contribution in [3.8, 4) is 0 Å². The van der Waals surface area contributed by atoms with Crippen molar-refractivity contribution in [3.05, 3.63) is 33.6 Å². The molecule has 0 aromatic carbocycles. The van der Waals surface area contributed by atoms with E-state index in [-0.39, 0.29) is 12.5 Å². The van der Waals surface area contributed by atoms with Crippen molar-refractivity contribution >= 4 is 12.0 Å². The number of hydrogen-bond donors (Lipinski definition) is 1. The summed E-state index contributed by atoms with van der Waals surface area (Å²) in [5, 5.41) is 19.9. The Labute approximate surface area is 105 Å². The molecule has 0 amide bonds. The van der Waals surface area contributed by atoms with Crippen molar-refractivity contribution in [2.45, 2.75) is 32.1 Å². The maximum Gasteiger partial charge on any atom is 0.433 e.